The summed E-state index contributed by atoms with van der Waals surface area (Å²) in [6, 6.07) is 2.53. The molecule has 0 bridgehead atoms. The number of hydrogen-bond acceptors (Lipinski definition) is 3. The maximum absolute atomic E-state index is 14.4. The van der Waals surface area contributed by atoms with Gasteiger partial charge in [-0.3, -0.25) is 0 Å². The Kier molecular flexibility index (Phi) is 5.39. The van der Waals surface area contributed by atoms with Gasteiger partial charge in [0.05, 0.1) is 6.10 Å². The predicted molar refractivity (Wildman–Crippen MR) is 83.3 cm³/mol. The molecule has 0 unspecified atom stereocenters. The van der Waals surface area contributed by atoms with E-state index in [2.05, 4.69) is 4.74 Å². The van der Waals surface area contributed by atoms with Gasteiger partial charge in [0.25, 0.3) is 0 Å². The molecule has 3 nitrogen and oxygen atoms in total. The van der Waals surface area contributed by atoms with Gasteiger partial charge in [-0.25, -0.2) is 0 Å². The summed E-state index contributed by atoms with van der Waals surface area (Å²) in [5.74, 6) is -2.20. The Morgan fingerprint density at radius 3 is 2.28 bits per heavy atom. The molecule has 0 N–H and O–H groups in total. The molecule has 2 fully saturated rings. The minimum Gasteiger partial charge on any atom is -0.486 e. The molecule has 0 heterocycles. The number of halogens is 4. The highest BCUT2D eigenvalue weighted by molar-refractivity contribution is 5.47. The van der Waals surface area contributed by atoms with Gasteiger partial charge in [-0.2, -0.15) is 4.39 Å². The van der Waals surface area contributed by atoms with Crippen molar-refractivity contribution in [3.63, 3.8) is 0 Å². The van der Waals surface area contributed by atoms with Crippen molar-refractivity contribution in [3.05, 3.63) is 30.1 Å². The number of rotatable bonds is 7. The van der Waals surface area contributed by atoms with Crippen LogP contribution in [0.5, 0.6) is 17.2 Å². The zero-order valence-corrected chi connectivity index (χ0v) is 13.7. The van der Waals surface area contributed by atoms with Gasteiger partial charge in [-0.05, 0) is 50.2 Å². The SMILES string of the molecule is Fc1c(OC/C=C/C2CCC2)ccc(OC2CCC2)c1OC(F)(F)F. The molecule has 0 aliphatic heterocycles. The average Bonchev–Trinajstić information content (AvgIpc) is 2.44. The highest BCUT2D eigenvalue weighted by Crippen LogP contribution is 2.41. The predicted octanol–water partition coefficient (Wildman–Crippen LogP) is 5.39. The molecule has 2 aliphatic rings. The Hall–Kier alpha value is -1.92. The highest BCUT2D eigenvalue weighted by atomic mass is 19.4. The summed E-state index contributed by atoms with van der Waals surface area (Å²) in [4.78, 5) is 0. The van der Waals surface area contributed by atoms with Crippen LogP contribution < -0.4 is 14.2 Å². The quantitative estimate of drug-likeness (QED) is 0.482. The molecule has 138 valence electrons. The first kappa shape index (κ1) is 17.9. The van der Waals surface area contributed by atoms with E-state index in [-0.39, 0.29) is 24.2 Å². The maximum atomic E-state index is 14.4. The first-order chi connectivity index (χ1) is 11.9. The number of alkyl halides is 3. The van der Waals surface area contributed by atoms with Crippen molar-refractivity contribution in [2.75, 3.05) is 6.61 Å². The zero-order chi connectivity index (χ0) is 17.9. The van der Waals surface area contributed by atoms with Gasteiger partial charge >= 0.3 is 6.36 Å². The topological polar surface area (TPSA) is 27.7 Å². The smallest absolute Gasteiger partial charge is 0.486 e. The lowest BCUT2D eigenvalue weighted by molar-refractivity contribution is -0.276. The van der Waals surface area contributed by atoms with Crippen LogP contribution in [0.25, 0.3) is 0 Å². The lowest BCUT2D eigenvalue weighted by atomic mass is 9.85. The second kappa shape index (κ2) is 7.54. The van der Waals surface area contributed by atoms with E-state index >= 15 is 0 Å². The van der Waals surface area contributed by atoms with Crippen LogP contribution in [0.4, 0.5) is 17.6 Å². The summed E-state index contributed by atoms with van der Waals surface area (Å²) in [6.07, 6.45) is 4.39. The molecule has 0 radical (unpaired) electrons. The normalized spacial score (nSPS) is 18.7. The number of allylic oxidation sites excluding steroid dienone is 1. The van der Waals surface area contributed by atoms with E-state index < -0.39 is 17.9 Å². The molecule has 3 rings (SSSR count). The van der Waals surface area contributed by atoms with Crippen LogP contribution >= 0.6 is 0 Å². The largest absolute Gasteiger partial charge is 0.573 e. The van der Waals surface area contributed by atoms with Gasteiger partial charge in [-0.1, -0.05) is 18.6 Å². The van der Waals surface area contributed by atoms with Crippen molar-refractivity contribution in [1.29, 1.82) is 0 Å². The summed E-state index contributed by atoms with van der Waals surface area (Å²) in [5, 5.41) is 0. The summed E-state index contributed by atoms with van der Waals surface area (Å²) in [7, 11) is 0. The second-order valence-corrected chi connectivity index (χ2v) is 6.35. The van der Waals surface area contributed by atoms with Gasteiger partial charge in [0, 0.05) is 0 Å². The maximum Gasteiger partial charge on any atom is 0.573 e. The summed E-state index contributed by atoms with van der Waals surface area (Å²) >= 11 is 0. The second-order valence-electron chi connectivity index (χ2n) is 6.35. The van der Waals surface area contributed by atoms with Crippen LogP contribution in [0.15, 0.2) is 24.3 Å². The Balaban J connectivity index is 1.71. The van der Waals surface area contributed by atoms with Crippen LogP contribution in [0.1, 0.15) is 38.5 Å². The Morgan fingerprint density at radius 1 is 1.04 bits per heavy atom. The van der Waals surface area contributed by atoms with Gasteiger partial charge in [0.15, 0.2) is 11.5 Å². The van der Waals surface area contributed by atoms with Crippen LogP contribution in [-0.2, 0) is 0 Å². The van der Waals surface area contributed by atoms with Crippen molar-refractivity contribution >= 4 is 0 Å². The first-order valence-corrected chi connectivity index (χ1v) is 8.47. The summed E-state index contributed by atoms with van der Waals surface area (Å²) < 4.78 is 66.8. The zero-order valence-electron chi connectivity index (χ0n) is 13.7. The minimum atomic E-state index is -5.01. The van der Waals surface area contributed by atoms with Gasteiger partial charge in [-0.15, -0.1) is 13.2 Å². The molecule has 25 heavy (non-hydrogen) atoms. The lowest BCUT2D eigenvalue weighted by Crippen LogP contribution is -2.26. The molecule has 0 amide bonds. The molecule has 0 aromatic heterocycles. The molecule has 0 spiro atoms. The van der Waals surface area contributed by atoms with E-state index in [9.17, 15) is 17.6 Å². The van der Waals surface area contributed by atoms with Crippen LogP contribution in [0, 0.1) is 11.7 Å². The molecule has 2 aliphatic carbocycles. The molecule has 0 atom stereocenters. The number of hydrogen-bond donors (Lipinski definition) is 0. The standard InChI is InChI=1S/C18H20F4O3/c19-16-14(23-11-3-6-12-4-1-5-12)9-10-15(24-13-7-2-8-13)17(16)25-18(20,21)22/h3,6,9-10,12-13H,1-2,4-5,7-8,11H2/b6-3+. The van der Waals surface area contributed by atoms with Crippen LogP contribution in [0.2, 0.25) is 0 Å². The van der Waals surface area contributed by atoms with Crippen LogP contribution in [0.3, 0.4) is 0 Å². The molecule has 0 saturated heterocycles. The van der Waals surface area contributed by atoms with Gasteiger partial charge in [0.1, 0.15) is 6.61 Å². The molecule has 1 aromatic rings. The van der Waals surface area contributed by atoms with Crippen molar-refractivity contribution < 1.29 is 31.8 Å². The lowest BCUT2D eigenvalue weighted by Gasteiger charge is -2.27. The highest BCUT2D eigenvalue weighted by Gasteiger charge is 2.36. The Labute approximate surface area is 143 Å². The fourth-order valence-electron chi connectivity index (χ4n) is 2.62. The van der Waals surface area contributed by atoms with E-state index in [4.69, 9.17) is 9.47 Å². The minimum absolute atomic E-state index is 0.0850. The van der Waals surface area contributed by atoms with E-state index in [1.54, 1.807) is 6.08 Å². The third-order valence-electron chi connectivity index (χ3n) is 4.48. The Bertz CT molecular complexity index is 619. The third-order valence-corrected chi connectivity index (χ3v) is 4.48. The van der Waals surface area contributed by atoms with Crippen LogP contribution in [-0.4, -0.2) is 19.1 Å². The molecular weight excluding hydrogens is 340 g/mol. The Morgan fingerprint density at radius 2 is 1.72 bits per heavy atom. The molecular formula is C18H20F4O3. The molecule has 7 heteroatoms. The summed E-state index contributed by atoms with van der Waals surface area (Å²) in [5.41, 5.74) is 0. The fraction of sp³-hybridized carbons (Fsp3) is 0.556. The van der Waals surface area contributed by atoms with E-state index in [0.29, 0.717) is 5.92 Å². The van der Waals surface area contributed by atoms with Gasteiger partial charge < -0.3 is 14.2 Å². The van der Waals surface area contributed by atoms with Gasteiger partial charge in [0.2, 0.25) is 11.6 Å². The average molecular weight is 360 g/mol. The van der Waals surface area contributed by atoms with Crippen molar-refractivity contribution in [2.45, 2.75) is 51.0 Å². The van der Waals surface area contributed by atoms with E-state index in [1.807, 2.05) is 6.08 Å². The first-order valence-electron chi connectivity index (χ1n) is 8.47. The number of ether oxygens (including phenoxy) is 3. The monoisotopic (exact) mass is 360 g/mol. The van der Waals surface area contributed by atoms with E-state index in [1.165, 1.54) is 18.6 Å². The van der Waals surface area contributed by atoms with Crippen molar-refractivity contribution in [3.8, 4) is 17.2 Å². The van der Waals surface area contributed by atoms with Crippen molar-refractivity contribution in [1.82, 2.24) is 0 Å². The fourth-order valence-corrected chi connectivity index (χ4v) is 2.62. The molecule has 1 aromatic carbocycles. The number of benzene rings is 1. The van der Waals surface area contributed by atoms with Crippen molar-refractivity contribution in [2.24, 2.45) is 5.92 Å². The third kappa shape index (κ3) is 4.80. The summed E-state index contributed by atoms with van der Waals surface area (Å²) in [6.45, 7) is 0.0850. The molecule has 2 saturated carbocycles. The van der Waals surface area contributed by atoms with E-state index in [0.717, 1.165) is 32.1 Å².